The molecule has 0 saturated heterocycles. The standard InChI is InChI=1S/C22H27BN4O8S/c1-11-5-4-6-12-7-13(23(33)34-18(11)12)8-16(29)17(15-10-36-21(24)26-15)27-35-22(2,3)20(32)25-14(9-28)19(30)31/h4-6,10,13-14,28,33H,7-9H2,1-3H3,(H2,24,26)(H,25,32)(H,30,31)/b27-17-/t13-,14+/m1/s1. The van der Waals surface area contributed by atoms with Crippen LogP contribution >= 0.6 is 11.3 Å². The quantitative estimate of drug-likeness (QED) is 0.168. The van der Waals surface area contributed by atoms with E-state index < -0.39 is 48.8 Å². The molecule has 0 fully saturated rings. The Labute approximate surface area is 211 Å². The summed E-state index contributed by atoms with van der Waals surface area (Å²) in [7, 11) is -1.22. The number of nitrogens with one attached hydrogen (secondary N) is 1. The molecule has 1 aliphatic rings. The van der Waals surface area contributed by atoms with Gasteiger partial charge in [0.1, 0.15) is 17.5 Å². The molecule has 36 heavy (non-hydrogen) atoms. The van der Waals surface area contributed by atoms with Gasteiger partial charge in [-0.05, 0) is 38.3 Å². The number of fused-ring (bicyclic) bond motifs is 1. The van der Waals surface area contributed by atoms with E-state index in [0.29, 0.717) is 12.2 Å². The van der Waals surface area contributed by atoms with Crippen molar-refractivity contribution in [3.8, 4) is 5.75 Å². The number of hydrogen-bond donors (Lipinski definition) is 5. The largest absolute Gasteiger partial charge is 0.536 e. The number of nitrogens with zero attached hydrogens (tertiary/aromatic N) is 2. The lowest BCUT2D eigenvalue weighted by molar-refractivity contribution is -0.150. The third-order valence-corrected chi connectivity index (χ3v) is 6.27. The maximum absolute atomic E-state index is 13.3. The van der Waals surface area contributed by atoms with Crippen molar-refractivity contribution in [2.45, 2.75) is 51.1 Å². The number of Topliss-reactive ketones (excluding diaryl/α,β-unsaturated/α-hetero) is 1. The highest BCUT2D eigenvalue weighted by Crippen LogP contribution is 2.36. The normalized spacial score (nSPS) is 16.5. The van der Waals surface area contributed by atoms with Crippen molar-refractivity contribution in [3.63, 3.8) is 0 Å². The number of ketones is 1. The number of hydrogen-bond acceptors (Lipinski definition) is 11. The molecule has 3 rings (SSSR count). The first kappa shape index (κ1) is 27.1. The molecule has 0 saturated carbocycles. The molecule has 0 bridgehead atoms. The van der Waals surface area contributed by atoms with Crippen LogP contribution in [0.25, 0.3) is 0 Å². The van der Waals surface area contributed by atoms with Crippen LogP contribution in [0, 0.1) is 6.92 Å². The van der Waals surface area contributed by atoms with Crippen molar-refractivity contribution in [2.24, 2.45) is 5.16 Å². The predicted octanol–water partition coefficient (Wildman–Crippen LogP) is 0.540. The number of carboxylic acid groups (broad SMARTS) is 1. The monoisotopic (exact) mass is 518 g/mol. The van der Waals surface area contributed by atoms with E-state index in [2.05, 4.69) is 15.5 Å². The Hall–Kier alpha value is -3.49. The van der Waals surface area contributed by atoms with Gasteiger partial charge in [-0.15, -0.1) is 11.3 Å². The number of nitrogens with two attached hydrogens (primary N) is 1. The summed E-state index contributed by atoms with van der Waals surface area (Å²) in [5.41, 5.74) is 5.65. The molecule has 2 aromatic rings. The number of aliphatic carboxylic acids is 1. The van der Waals surface area contributed by atoms with Crippen molar-refractivity contribution >= 4 is 47.0 Å². The molecule has 2 heterocycles. The summed E-state index contributed by atoms with van der Waals surface area (Å²) >= 11 is 1.07. The van der Waals surface area contributed by atoms with Crippen molar-refractivity contribution in [3.05, 3.63) is 40.4 Å². The fourth-order valence-electron chi connectivity index (χ4n) is 3.51. The number of amides is 1. The lowest BCUT2D eigenvalue weighted by Gasteiger charge is -2.28. The zero-order valence-corrected chi connectivity index (χ0v) is 20.7. The molecule has 0 radical (unpaired) electrons. The molecule has 0 unspecified atom stereocenters. The molecule has 0 spiro atoms. The van der Waals surface area contributed by atoms with Gasteiger partial charge in [0.25, 0.3) is 5.91 Å². The summed E-state index contributed by atoms with van der Waals surface area (Å²) in [6, 6.07) is 4.06. The number of aromatic nitrogens is 1. The molecule has 1 aliphatic heterocycles. The summed E-state index contributed by atoms with van der Waals surface area (Å²) < 4.78 is 5.66. The number of benzene rings is 1. The minimum Gasteiger partial charge on any atom is -0.536 e. The Morgan fingerprint density at radius 2 is 2.14 bits per heavy atom. The van der Waals surface area contributed by atoms with Gasteiger partial charge in [-0.25, -0.2) is 9.78 Å². The Morgan fingerprint density at radius 1 is 1.42 bits per heavy atom. The number of thiazole rings is 1. The molecular formula is C22H27BN4O8S. The Bertz CT molecular complexity index is 1180. The van der Waals surface area contributed by atoms with Gasteiger partial charge in [0.05, 0.1) is 6.61 Å². The first-order valence-corrected chi connectivity index (χ1v) is 11.9. The highest BCUT2D eigenvalue weighted by atomic mass is 32.1. The number of rotatable bonds is 10. The van der Waals surface area contributed by atoms with E-state index in [0.717, 1.165) is 22.5 Å². The molecular weight excluding hydrogens is 491 g/mol. The van der Waals surface area contributed by atoms with Gasteiger partial charge in [0.15, 0.2) is 16.6 Å². The summed E-state index contributed by atoms with van der Waals surface area (Å²) in [6.45, 7) is 3.68. The second-order valence-corrected chi connectivity index (χ2v) is 9.71. The fourth-order valence-corrected chi connectivity index (χ4v) is 4.05. The highest BCUT2D eigenvalue weighted by molar-refractivity contribution is 7.13. The third kappa shape index (κ3) is 6.19. The average Bonchev–Trinajstić information content (AvgIpc) is 3.24. The molecule has 6 N–H and O–H groups in total. The summed E-state index contributed by atoms with van der Waals surface area (Å²) in [6.07, 6.45) is 0.231. The van der Waals surface area contributed by atoms with Crippen molar-refractivity contribution in [1.29, 1.82) is 0 Å². The minimum atomic E-state index is -1.71. The summed E-state index contributed by atoms with van der Waals surface area (Å²) in [5, 5.41) is 36.4. The molecule has 0 aliphatic carbocycles. The number of nitrogen functional groups attached to an aromatic ring is 1. The van der Waals surface area contributed by atoms with Crippen molar-refractivity contribution < 1.29 is 39.1 Å². The summed E-state index contributed by atoms with van der Waals surface area (Å²) in [5.74, 6) is -2.82. The van der Waals surface area contributed by atoms with E-state index in [1.165, 1.54) is 19.2 Å². The summed E-state index contributed by atoms with van der Waals surface area (Å²) in [4.78, 5) is 46.4. The number of para-hydroxylation sites is 1. The van der Waals surface area contributed by atoms with Gasteiger partial charge in [-0.2, -0.15) is 0 Å². The smallest absolute Gasteiger partial charge is 0.526 e. The molecule has 12 nitrogen and oxygen atoms in total. The lowest BCUT2D eigenvalue weighted by atomic mass is 9.64. The number of carbonyl (C=O) groups excluding carboxylic acids is 2. The van der Waals surface area contributed by atoms with E-state index >= 15 is 0 Å². The Kier molecular flexibility index (Phi) is 8.33. The maximum Gasteiger partial charge on any atom is 0.526 e. The molecule has 1 amide bonds. The number of anilines is 1. The van der Waals surface area contributed by atoms with Crippen LogP contribution in [0.2, 0.25) is 5.82 Å². The molecule has 192 valence electrons. The van der Waals surface area contributed by atoms with Crippen molar-refractivity contribution in [1.82, 2.24) is 10.3 Å². The number of oxime groups is 1. The number of carboxylic acids is 1. The topological polar surface area (TPSA) is 194 Å². The second kappa shape index (κ2) is 11.1. The maximum atomic E-state index is 13.3. The van der Waals surface area contributed by atoms with Crippen LogP contribution in [0.1, 0.15) is 37.1 Å². The van der Waals surface area contributed by atoms with Gasteiger partial charge < -0.3 is 35.8 Å². The highest BCUT2D eigenvalue weighted by Gasteiger charge is 2.39. The van der Waals surface area contributed by atoms with Gasteiger partial charge in [-0.1, -0.05) is 23.4 Å². The molecule has 14 heteroatoms. The first-order valence-electron chi connectivity index (χ1n) is 11.0. The number of carbonyl (C=O) groups is 3. The SMILES string of the molecule is Cc1cccc2c1OB(O)[C@@H](CC(=O)/C(=N\OC(C)(C)C(=O)N[C@@H](CO)C(=O)O)c1csc(N)n1)C2. The first-order chi connectivity index (χ1) is 16.9. The minimum absolute atomic E-state index is 0.125. The zero-order chi connectivity index (χ0) is 26.6. The van der Waals surface area contributed by atoms with E-state index in [1.54, 1.807) is 0 Å². The van der Waals surface area contributed by atoms with Gasteiger partial charge >= 0.3 is 13.1 Å². The van der Waals surface area contributed by atoms with Crippen LogP contribution in [0.3, 0.4) is 0 Å². The van der Waals surface area contributed by atoms with Crippen LogP contribution in [0.15, 0.2) is 28.7 Å². The molecule has 1 aromatic heterocycles. The number of aryl methyl sites for hydroxylation is 1. The third-order valence-electron chi connectivity index (χ3n) is 5.59. The number of aliphatic hydroxyl groups excluding tert-OH is 1. The zero-order valence-electron chi connectivity index (χ0n) is 19.9. The van der Waals surface area contributed by atoms with E-state index in [1.807, 2.05) is 25.1 Å². The lowest BCUT2D eigenvalue weighted by Crippen LogP contribution is -2.51. The van der Waals surface area contributed by atoms with Gasteiger partial charge in [0.2, 0.25) is 5.60 Å². The average molecular weight is 518 g/mol. The van der Waals surface area contributed by atoms with Gasteiger partial charge in [0, 0.05) is 17.6 Å². The fraction of sp³-hybridized carbons (Fsp3) is 0.409. The predicted molar refractivity (Wildman–Crippen MR) is 132 cm³/mol. The van der Waals surface area contributed by atoms with Crippen LogP contribution in [-0.4, -0.2) is 69.0 Å². The van der Waals surface area contributed by atoms with Gasteiger partial charge in [-0.3, -0.25) is 9.59 Å². The van der Waals surface area contributed by atoms with Crippen LogP contribution in [-0.2, 0) is 25.6 Å². The van der Waals surface area contributed by atoms with E-state index in [4.69, 9.17) is 25.4 Å². The van der Waals surface area contributed by atoms with Crippen molar-refractivity contribution in [2.75, 3.05) is 12.3 Å². The second-order valence-electron chi connectivity index (χ2n) is 8.82. The Morgan fingerprint density at radius 3 is 2.75 bits per heavy atom. The van der Waals surface area contributed by atoms with E-state index in [9.17, 15) is 19.4 Å². The van der Waals surface area contributed by atoms with E-state index in [-0.39, 0.29) is 23.0 Å². The van der Waals surface area contributed by atoms with Crippen LogP contribution in [0.4, 0.5) is 5.13 Å². The van der Waals surface area contributed by atoms with Crippen LogP contribution < -0.4 is 15.7 Å². The number of aliphatic hydroxyl groups is 1. The van der Waals surface area contributed by atoms with Crippen LogP contribution in [0.5, 0.6) is 5.75 Å². The Balaban J connectivity index is 1.81. The molecule has 2 atom stereocenters. The molecule has 1 aromatic carbocycles.